The summed E-state index contributed by atoms with van der Waals surface area (Å²) < 4.78 is 22.2. The summed E-state index contributed by atoms with van der Waals surface area (Å²) in [6.45, 7) is 13.4. The number of esters is 2. The Kier molecular flexibility index (Phi) is 6.32. The van der Waals surface area contributed by atoms with Gasteiger partial charge in [0.25, 0.3) is 0 Å². The number of rotatable bonds is 7. The first-order valence-corrected chi connectivity index (χ1v) is 7.13. The first kappa shape index (κ1) is 18.4. The second-order valence-electron chi connectivity index (χ2n) is 5.55. The molecule has 0 aromatic rings. The van der Waals surface area contributed by atoms with E-state index in [4.69, 9.17) is 18.9 Å². The Bertz CT molecular complexity index is 442. The Morgan fingerprint density at radius 1 is 1.18 bits per heavy atom. The van der Waals surface area contributed by atoms with Crippen molar-refractivity contribution in [3.63, 3.8) is 0 Å². The second-order valence-corrected chi connectivity index (χ2v) is 5.55. The number of hydrogen-bond donors (Lipinski definition) is 0. The standard InChI is InChI=1S/C16H24O6/c1-7-9-13(19-10(3)17)14(20-11(4)18)15-12(8-2)21-16(5,6)22-15/h7-8,12-15H,1-2,9H2,3-6H3/t12-,13-,14?,15?/m0/s1. The topological polar surface area (TPSA) is 71.1 Å². The first-order chi connectivity index (χ1) is 10.2. The van der Waals surface area contributed by atoms with Crippen molar-refractivity contribution < 1.29 is 28.5 Å². The van der Waals surface area contributed by atoms with Gasteiger partial charge < -0.3 is 18.9 Å². The zero-order valence-electron chi connectivity index (χ0n) is 13.5. The molecule has 22 heavy (non-hydrogen) atoms. The summed E-state index contributed by atoms with van der Waals surface area (Å²) in [5.74, 6) is -1.82. The van der Waals surface area contributed by atoms with E-state index < -0.39 is 42.1 Å². The normalized spacial score (nSPS) is 25.8. The number of carbonyl (C=O) groups excluding carboxylic acids is 2. The molecule has 1 aliphatic heterocycles. The predicted molar refractivity (Wildman–Crippen MR) is 79.9 cm³/mol. The van der Waals surface area contributed by atoms with Gasteiger partial charge in [-0.25, -0.2) is 0 Å². The van der Waals surface area contributed by atoms with Gasteiger partial charge in [-0.3, -0.25) is 9.59 Å². The Morgan fingerprint density at radius 2 is 1.77 bits per heavy atom. The third-order valence-corrected chi connectivity index (χ3v) is 3.10. The van der Waals surface area contributed by atoms with Crippen molar-refractivity contribution in [2.75, 3.05) is 0 Å². The lowest BCUT2D eigenvalue weighted by Crippen LogP contribution is -2.47. The Balaban J connectivity index is 3.08. The Hall–Kier alpha value is -1.66. The molecule has 0 N–H and O–H groups in total. The summed E-state index contributed by atoms with van der Waals surface area (Å²) in [6.07, 6.45) is 0.862. The Labute approximate surface area is 131 Å². The fraction of sp³-hybridized carbons (Fsp3) is 0.625. The van der Waals surface area contributed by atoms with Gasteiger partial charge in [0.05, 0.1) is 0 Å². The highest BCUT2D eigenvalue weighted by Gasteiger charge is 2.48. The molecule has 0 radical (unpaired) electrons. The van der Waals surface area contributed by atoms with E-state index in [2.05, 4.69) is 13.2 Å². The molecule has 0 aromatic heterocycles. The lowest BCUT2D eigenvalue weighted by molar-refractivity contribution is -0.188. The molecule has 0 amide bonds. The second kappa shape index (κ2) is 7.56. The van der Waals surface area contributed by atoms with E-state index in [0.717, 1.165) is 0 Å². The van der Waals surface area contributed by atoms with Crippen LogP contribution in [0.5, 0.6) is 0 Å². The van der Waals surface area contributed by atoms with Crippen molar-refractivity contribution >= 4 is 11.9 Å². The molecule has 6 heteroatoms. The molecule has 0 saturated carbocycles. The van der Waals surface area contributed by atoms with Crippen molar-refractivity contribution in [1.29, 1.82) is 0 Å². The van der Waals surface area contributed by atoms with Crippen LogP contribution in [0.2, 0.25) is 0 Å². The number of carbonyl (C=O) groups is 2. The van der Waals surface area contributed by atoms with E-state index in [-0.39, 0.29) is 0 Å². The third kappa shape index (κ3) is 4.96. The molecule has 0 aliphatic carbocycles. The van der Waals surface area contributed by atoms with Gasteiger partial charge in [-0.05, 0) is 13.8 Å². The van der Waals surface area contributed by atoms with Gasteiger partial charge in [-0.15, -0.1) is 13.2 Å². The van der Waals surface area contributed by atoms with Crippen LogP contribution < -0.4 is 0 Å². The van der Waals surface area contributed by atoms with Gasteiger partial charge in [0.1, 0.15) is 18.3 Å². The molecule has 0 aromatic carbocycles. The smallest absolute Gasteiger partial charge is 0.303 e. The van der Waals surface area contributed by atoms with Crippen LogP contribution in [0.1, 0.15) is 34.1 Å². The largest absolute Gasteiger partial charge is 0.458 e. The molecule has 0 spiro atoms. The maximum Gasteiger partial charge on any atom is 0.303 e. The molecule has 1 rings (SSSR count). The van der Waals surface area contributed by atoms with E-state index in [1.165, 1.54) is 13.8 Å². The van der Waals surface area contributed by atoms with E-state index >= 15 is 0 Å². The van der Waals surface area contributed by atoms with Gasteiger partial charge in [0.15, 0.2) is 11.9 Å². The SMILES string of the molecule is C=CC[C@H](OC(C)=O)C(OC(C)=O)C1OC(C)(C)O[C@H]1C=C. The average Bonchev–Trinajstić information content (AvgIpc) is 2.70. The fourth-order valence-corrected chi connectivity index (χ4v) is 2.43. The van der Waals surface area contributed by atoms with Gasteiger partial charge in [0, 0.05) is 20.3 Å². The Morgan fingerprint density at radius 3 is 2.23 bits per heavy atom. The van der Waals surface area contributed by atoms with Crippen LogP contribution in [0.15, 0.2) is 25.3 Å². The summed E-state index contributed by atoms with van der Waals surface area (Å²) in [5.41, 5.74) is 0. The van der Waals surface area contributed by atoms with Gasteiger partial charge in [0.2, 0.25) is 0 Å². The molecule has 124 valence electrons. The van der Waals surface area contributed by atoms with Crippen molar-refractivity contribution in [2.45, 2.75) is 64.3 Å². The molecule has 0 bridgehead atoms. The van der Waals surface area contributed by atoms with E-state index in [0.29, 0.717) is 6.42 Å². The lowest BCUT2D eigenvalue weighted by Gasteiger charge is -2.31. The van der Waals surface area contributed by atoms with E-state index in [1.54, 1.807) is 26.0 Å². The molecule has 1 aliphatic rings. The lowest BCUT2D eigenvalue weighted by atomic mass is 10.00. The summed E-state index contributed by atoms with van der Waals surface area (Å²) in [7, 11) is 0. The van der Waals surface area contributed by atoms with E-state index in [1.807, 2.05) is 0 Å². The van der Waals surface area contributed by atoms with Crippen LogP contribution in [-0.4, -0.2) is 42.1 Å². The summed E-state index contributed by atoms with van der Waals surface area (Å²) in [6, 6.07) is 0. The van der Waals surface area contributed by atoms with Crippen molar-refractivity contribution in [3.05, 3.63) is 25.3 Å². The molecule has 4 atom stereocenters. The zero-order valence-corrected chi connectivity index (χ0v) is 13.5. The van der Waals surface area contributed by atoms with Gasteiger partial charge in [-0.2, -0.15) is 0 Å². The minimum atomic E-state index is -0.850. The molecule has 1 saturated heterocycles. The van der Waals surface area contributed by atoms with Crippen LogP contribution >= 0.6 is 0 Å². The quantitative estimate of drug-likeness (QED) is 0.530. The van der Waals surface area contributed by atoms with Crippen LogP contribution in [-0.2, 0) is 28.5 Å². The molecule has 6 nitrogen and oxygen atoms in total. The van der Waals surface area contributed by atoms with Crippen molar-refractivity contribution in [1.82, 2.24) is 0 Å². The molecular formula is C16H24O6. The molecular weight excluding hydrogens is 288 g/mol. The first-order valence-electron chi connectivity index (χ1n) is 7.13. The molecule has 1 fully saturated rings. The highest BCUT2D eigenvalue weighted by Crippen LogP contribution is 2.33. The average molecular weight is 312 g/mol. The van der Waals surface area contributed by atoms with Crippen LogP contribution in [0, 0.1) is 0 Å². The molecule has 2 unspecified atom stereocenters. The third-order valence-electron chi connectivity index (χ3n) is 3.10. The minimum absolute atomic E-state index is 0.321. The van der Waals surface area contributed by atoms with E-state index in [9.17, 15) is 9.59 Å². The van der Waals surface area contributed by atoms with Crippen molar-refractivity contribution in [2.24, 2.45) is 0 Å². The van der Waals surface area contributed by atoms with Crippen LogP contribution in [0.25, 0.3) is 0 Å². The maximum absolute atomic E-state index is 11.5. The number of ether oxygens (including phenoxy) is 4. The maximum atomic E-state index is 11.5. The fourth-order valence-electron chi connectivity index (χ4n) is 2.43. The van der Waals surface area contributed by atoms with Crippen LogP contribution in [0.4, 0.5) is 0 Å². The zero-order chi connectivity index (χ0) is 16.9. The van der Waals surface area contributed by atoms with Gasteiger partial charge >= 0.3 is 11.9 Å². The predicted octanol–water partition coefficient (Wildman–Crippen LogP) is 2.13. The summed E-state index contributed by atoms with van der Waals surface area (Å²) in [4.78, 5) is 22.8. The highest BCUT2D eigenvalue weighted by molar-refractivity contribution is 5.67. The minimum Gasteiger partial charge on any atom is -0.458 e. The monoisotopic (exact) mass is 312 g/mol. The number of hydrogen-bond acceptors (Lipinski definition) is 6. The van der Waals surface area contributed by atoms with Gasteiger partial charge in [-0.1, -0.05) is 12.2 Å². The van der Waals surface area contributed by atoms with Crippen molar-refractivity contribution in [3.8, 4) is 0 Å². The summed E-state index contributed by atoms with van der Waals surface area (Å²) in [5, 5.41) is 0. The summed E-state index contributed by atoms with van der Waals surface area (Å²) >= 11 is 0. The highest BCUT2D eigenvalue weighted by atomic mass is 16.8. The van der Waals surface area contributed by atoms with Crippen LogP contribution in [0.3, 0.4) is 0 Å². The molecule has 1 heterocycles.